The minimum absolute atomic E-state index is 0.213. The molecule has 0 aliphatic carbocycles. The van der Waals surface area contributed by atoms with Gasteiger partial charge in [-0.2, -0.15) is 0 Å². The molecule has 2 aliphatic heterocycles. The van der Waals surface area contributed by atoms with E-state index in [1.54, 1.807) is 0 Å². The summed E-state index contributed by atoms with van der Waals surface area (Å²) in [7, 11) is 2.20. The van der Waals surface area contributed by atoms with Crippen LogP contribution in [0.15, 0.2) is 18.2 Å². The SMILES string of the molecule is CN1CCN(CC2Cc3cc(C(C)(C)C)ccc3O2)CC1. The van der Waals surface area contributed by atoms with E-state index < -0.39 is 0 Å². The van der Waals surface area contributed by atoms with Crippen LogP contribution in [-0.2, 0) is 11.8 Å². The van der Waals surface area contributed by atoms with Gasteiger partial charge in [-0.05, 0) is 29.7 Å². The first-order valence-electron chi connectivity index (χ1n) is 8.13. The highest BCUT2D eigenvalue weighted by molar-refractivity contribution is 5.42. The number of fused-ring (bicyclic) bond motifs is 1. The Bertz CT molecular complexity index is 498. The predicted octanol–water partition coefficient (Wildman–Crippen LogP) is 2.54. The topological polar surface area (TPSA) is 15.7 Å². The number of hydrogen-bond acceptors (Lipinski definition) is 3. The maximum absolute atomic E-state index is 6.15. The number of nitrogens with zero attached hydrogens (tertiary/aromatic N) is 2. The van der Waals surface area contributed by atoms with Crippen LogP contribution in [0.2, 0.25) is 0 Å². The standard InChI is InChI=1S/C18H28N2O/c1-18(2,3)15-5-6-17-14(11-15)12-16(21-17)13-20-9-7-19(4)8-10-20/h5-6,11,16H,7-10,12-13H2,1-4H3. The molecule has 2 heterocycles. The fourth-order valence-electron chi connectivity index (χ4n) is 3.21. The highest BCUT2D eigenvalue weighted by Gasteiger charge is 2.27. The van der Waals surface area contributed by atoms with Crippen molar-refractivity contribution in [3.8, 4) is 5.75 Å². The van der Waals surface area contributed by atoms with Crippen molar-refractivity contribution in [1.29, 1.82) is 0 Å². The van der Waals surface area contributed by atoms with Crippen molar-refractivity contribution in [2.24, 2.45) is 0 Å². The Morgan fingerprint density at radius 3 is 2.52 bits per heavy atom. The van der Waals surface area contributed by atoms with Gasteiger partial charge >= 0.3 is 0 Å². The molecule has 3 rings (SSSR count). The van der Waals surface area contributed by atoms with Crippen LogP contribution in [0, 0.1) is 0 Å². The number of hydrogen-bond donors (Lipinski definition) is 0. The maximum Gasteiger partial charge on any atom is 0.123 e. The molecule has 0 spiro atoms. The van der Waals surface area contributed by atoms with E-state index in [1.165, 1.54) is 37.3 Å². The smallest absolute Gasteiger partial charge is 0.123 e. The zero-order chi connectivity index (χ0) is 15.0. The first kappa shape index (κ1) is 14.9. The first-order valence-corrected chi connectivity index (χ1v) is 8.13. The summed E-state index contributed by atoms with van der Waals surface area (Å²) in [5.74, 6) is 1.10. The molecule has 1 saturated heterocycles. The number of benzene rings is 1. The lowest BCUT2D eigenvalue weighted by molar-refractivity contribution is 0.104. The molecule has 1 fully saturated rings. The van der Waals surface area contributed by atoms with Crippen molar-refractivity contribution >= 4 is 0 Å². The third kappa shape index (κ3) is 3.41. The summed E-state index contributed by atoms with van der Waals surface area (Å²) >= 11 is 0. The van der Waals surface area contributed by atoms with Gasteiger partial charge in [-0.15, -0.1) is 0 Å². The maximum atomic E-state index is 6.15. The summed E-state index contributed by atoms with van der Waals surface area (Å²) in [5.41, 5.74) is 3.01. The van der Waals surface area contributed by atoms with Crippen molar-refractivity contribution in [3.05, 3.63) is 29.3 Å². The number of likely N-dealkylation sites (N-methyl/N-ethyl adjacent to an activating group) is 1. The van der Waals surface area contributed by atoms with Gasteiger partial charge in [-0.1, -0.05) is 32.9 Å². The Hall–Kier alpha value is -1.06. The fourth-order valence-corrected chi connectivity index (χ4v) is 3.21. The Labute approximate surface area is 128 Å². The Morgan fingerprint density at radius 2 is 1.86 bits per heavy atom. The van der Waals surface area contributed by atoms with Gasteiger partial charge in [0.25, 0.3) is 0 Å². The molecule has 0 amide bonds. The first-order chi connectivity index (χ1) is 9.91. The second-order valence-corrected chi connectivity index (χ2v) is 7.62. The van der Waals surface area contributed by atoms with E-state index in [4.69, 9.17) is 4.74 Å². The van der Waals surface area contributed by atoms with Crippen molar-refractivity contribution in [2.75, 3.05) is 39.8 Å². The van der Waals surface area contributed by atoms with E-state index >= 15 is 0 Å². The van der Waals surface area contributed by atoms with Gasteiger partial charge in [0, 0.05) is 39.1 Å². The summed E-state index contributed by atoms with van der Waals surface area (Å²) in [6.45, 7) is 12.6. The lowest BCUT2D eigenvalue weighted by Gasteiger charge is -2.33. The molecule has 1 aromatic carbocycles. The van der Waals surface area contributed by atoms with Crippen molar-refractivity contribution < 1.29 is 4.74 Å². The van der Waals surface area contributed by atoms with E-state index in [0.29, 0.717) is 6.10 Å². The van der Waals surface area contributed by atoms with E-state index in [-0.39, 0.29) is 5.41 Å². The Balaban J connectivity index is 1.62. The van der Waals surface area contributed by atoms with Gasteiger partial charge in [0.1, 0.15) is 11.9 Å². The summed E-state index contributed by atoms with van der Waals surface area (Å²) in [6, 6.07) is 6.73. The number of rotatable bonds is 2. The van der Waals surface area contributed by atoms with Gasteiger partial charge in [0.15, 0.2) is 0 Å². The summed E-state index contributed by atoms with van der Waals surface area (Å²) in [5, 5.41) is 0. The van der Waals surface area contributed by atoms with Crippen LogP contribution in [-0.4, -0.2) is 55.7 Å². The van der Waals surface area contributed by atoms with Crippen molar-refractivity contribution in [3.63, 3.8) is 0 Å². The molecular formula is C18H28N2O. The summed E-state index contributed by atoms with van der Waals surface area (Å²) in [6.07, 6.45) is 1.39. The highest BCUT2D eigenvalue weighted by atomic mass is 16.5. The van der Waals surface area contributed by atoms with Crippen LogP contribution in [0.5, 0.6) is 5.75 Å². The van der Waals surface area contributed by atoms with Crippen LogP contribution in [0.3, 0.4) is 0 Å². The van der Waals surface area contributed by atoms with E-state index in [2.05, 4.69) is 55.8 Å². The van der Waals surface area contributed by atoms with Gasteiger partial charge in [0.2, 0.25) is 0 Å². The van der Waals surface area contributed by atoms with Crippen LogP contribution >= 0.6 is 0 Å². The third-order valence-electron chi connectivity index (χ3n) is 4.73. The van der Waals surface area contributed by atoms with Gasteiger partial charge in [-0.3, -0.25) is 4.90 Å². The molecule has 0 bridgehead atoms. The lowest BCUT2D eigenvalue weighted by atomic mass is 9.86. The zero-order valence-electron chi connectivity index (χ0n) is 13.9. The molecule has 2 aliphatic rings. The number of piperazine rings is 1. The molecule has 3 nitrogen and oxygen atoms in total. The monoisotopic (exact) mass is 288 g/mol. The molecule has 1 atom stereocenters. The quantitative estimate of drug-likeness (QED) is 0.832. The van der Waals surface area contributed by atoms with Crippen molar-refractivity contribution in [1.82, 2.24) is 9.80 Å². The van der Waals surface area contributed by atoms with E-state index in [0.717, 1.165) is 18.7 Å². The minimum atomic E-state index is 0.213. The molecule has 0 saturated carbocycles. The van der Waals surface area contributed by atoms with Crippen molar-refractivity contribution in [2.45, 2.75) is 38.7 Å². The molecule has 0 radical (unpaired) electrons. The average Bonchev–Trinajstić information content (AvgIpc) is 2.81. The van der Waals surface area contributed by atoms with Crippen LogP contribution < -0.4 is 4.74 Å². The normalized spacial score (nSPS) is 23.9. The molecule has 0 N–H and O–H groups in total. The predicted molar refractivity (Wildman–Crippen MR) is 87.2 cm³/mol. The third-order valence-corrected chi connectivity index (χ3v) is 4.73. The Kier molecular flexibility index (Phi) is 3.98. The van der Waals surface area contributed by atoms with Gasteiger partial charge < -0.3 is 9.64 Å². The lowest BCUT2D eigenvalue weighted by Crippen LogP contribution is -2.47. The van der Waals surface area contributed by atoms with Crippen LogP contribution in [0.25, 0.3) is 0 Å². The molecule has 1 unspecified atom stereocenters. The molecular weight excluding hydrogens is 260 g/mol. The van der Waals surface area contributed by atoms with Gasteiger partial charge in [-0.25, -0.2) is 0 Å². The minimum Gasteiger partial charge on any atom is -0.488 e. The van der Waals surface area contributed by atoms with E-state index in [9.17, 15) is 0 Å². The van der Waals surface area contributed by atoms with Gasteiger partial charge in [0.05, 0.1) is 0 Å². The average molecular weight is 288 g/mol. The largest absolute Gasteiger partial charge is 0.488 e. The van der Waals surface area contributed by atoms with E-state index in [1.807, 2.05) is 0 Å². The molecule has 116 valence electrons. The molecule has 0 aromatic heterocycles. The van der Waals surface area contributed by atoms with Crippen LogP contribution in [0.1, 0.15) is 31.9 Å². The highest BCUT2D eigenvalue weighted by Crippen LogP contribution is 2.33. The molecule has 21 heavy (non-hydrogen) atoms. The van der Waals surface area contributed by atoms with Crippen LogP contribution in [0.4, 0.5) is 0 Å². The molecule has 3 heteroatoms. The second-order valence-electron chi connectivity index (χ2n) is 7.62. The molecule has 1 aromatic rings. The Morgan fingerprint density at radius 1 is 1.14 bits per heavy atom. The summed E-state index contributed by atoms with van der Waals surface area (Å²) in [4.78, 5) is 4.94. The number of ether oxygens (including phenoxy) is 1. The zero-order valence-corrected chi connectivity index (χ0v) is 13.9. The second kappa shape index (κ2) is 5.62. The fraction of sp³-hybridized carbons (Fsp3) is 0.667. The summed E-state index contributed by atoms with van der Waals surface area (Å²) < 4.78 is 6.15.